The van der Waals surface area contributed by atoms with Gasteiger partial charge < -0.3 is 5.11 Å². The number of nitriles is 1. The Balaban J connectivity index is 1.83. The highest BCUT2D eigenvalue weighted by atomic mass is 16.3. The van der Waals surface area contributed by atoms with Crippen molar-refractivity contribution in [2.45, 2.75) is 52.1 Å². The van der Waals surface area contributed by atoms with Crippen LogP contribution < -0.4 is 0 Å². The van der Waals surface area contributed by atoms with Gasteiger partial charge in [0, 0.05) is 10.8 Å². The SMILES string of the molecule is C[C@H]1C[C@@H]2C(=CC[C@@]3(C)[C@H]2CC[C@]3(O)C#N)[C@]2(C)C=CC(=O)C=C12. The van der Waals surface area contributed by atoms with Crippen molar-refractivity contribution in [3.8, 4) is 6.07 Å². The first-order chi connectivity index (χ1) is 11.2. The van der Waals surface area contributed by atoms with Crippen LogP contribution in [-0.2, 0) is 4.79 Å². The summed E-state index contributed by atoms with van der Waals surface area (Å²) in [7, 11) is 0. The fourth-order valence-electron chi connectivity index (χ4n) is 6.12. The maximum Gasteiger partial charge on any atom is 0.178 e. The zero-order chi connectivity index (χ0) is 17.3. The van der Waals surface area contributed by atoms with Crippen LogP contribution in [0.2, 0.25) is 0 Å². The minimum atomic E-state index is -1.21. The molecule has 24 heavy (non-hydrogen) atoms. The molecule has 0 amide bonds. The van der Waals surface area contributed by atoms with Gasteiger partial charge in [-0.05, 0) is 68.1 Å². The largest absolute Gasteiger partial charge is 0.375 e. The van der Waals surface area contributed by atoms with Crippen LogP contribution in [0.5, 0.6) is 0 Å². The van der Waals surface area contributed by atoms with Crippen molar-refractivity contribution in [3.63, 3.8) is 0 Å². The molecule has 2 saturated carbocycles. The summed E-state index contributed by atoms with van der Waals surface area (Å²) in [6.07, 6.45) is 11.1. The van der Waals surface area contributed by atoms with Crippen molar-refractivity contribution in [3.05, 3.63) is 35.5 Å². The highest BCUT2D eigenvalue weighted by Gasteiger charge is 2.62. The van der Waals surface area contributed by atoms with Gasteiger partial charge in [0.1, 0.15) is 0 Å². The Morgan fingerprint density at radius 3 is 2.79 bits per heavy atom. The molecule has 3 nitrogen and oxygen atoms in total. The van der Waals surface area contributed by atoms with Gasteiger partial charge in [0.2, 0.25) is 0 Å². The Morgan fingerprint density at radius 1 is 1.33 bits per heavy atom. The maximum atomic E-state index is 11.9. The number of fused-ring (bicyclic) bond motifs is 5. The zero-order valence-electron chi connectivity index (χ0n) is 14.7. The molecule has 1 N–H and O–H groups in total. The van der Waals surface area contributed by atoms with Gasteiger partial charge in [0.25, 0.3) is 0 Å². The number of rotatable bonds is 0. The molecule has 3 heteroatoms. The number of hydrogen-bond acceptors (Lipinski definition) is 3. The van der Waals surface area contributed by atoms with E-state index >= 15 is 0 Å². The highest BCUT2D eigenvalue weighted by molar-refractivity contribution is 6.01. The number of nitrogens with zero attached hydrogens (tertiary/aromatic N) is 1. The molecule has 0 aromatic heterocycles. The second-order valence-electron chi connectivity index (χ2n) is 8.68. The Bertz CT molecular complexity index is 754. The van der Waals surface area contributed by atoms with Crippen molar-refractivity contribution in [1.82, 2.24) is 0 Å². The highest BCUT2D eigenvalue weighted by Crippen LogP contribution is 2.65. The van der Waals surface area contributed by atoms with Crippen LogP contribution in [0.3, 0.4) is 0 Å². The Hall–Kier alpha value is -1.66. The second kappa shape index (κ2) is 4.70. The van der Waals surface area contributed by atoms with E-state index in [-0.39, 0.29) is 16.6 Å². The van der Waals surface area contributed by atoms with Crippen LogP contribution in [0.1, 0.15) is 46.5 Å². The molecule has 0 unspecified atom stereocenters. The minimum absolute atomic E-state index is 0.0914. The molecule has 126 valence electrons. The summed E-state index contributed by atoms with van der Waals surface area (Å²) in [4.78, 5) is 11.9. The third-order valence-electron chi connectivity index (χ3n) is 7.61. The second-order valence-corrected chi connectivity index (χ2v) is 8.68. The Kier molecular flexibility index (Phi) is 3.10. The minimum Gasteiger partial charge on any atom is -0.375 e. The topological polar surface area (TPSA) is 61.1 Å². The quantitative estimate of drug-likeness (QED) is 0.546. The Labute approximate surface area is 143 Å². The third-order valence-corrected chi connectivity index (χ3v) is 7.61. The van der Waals surface area contributed by atoms with Gasteiger partial charge in [-0.1, -0.05) is 31.6 Å². The fraction of sp³-hybridized carbons (Fsp3) is 0.619. The summed E-state index contributed by atoms with van der Waals surface area (Å²) in [6, 6.07) is 2.21. The van der Waals surface area contributed by atoms with Crippen LogP contribution in [0, 0.1) is 39.9 Å². The van der Waals surface area contributed by atoms with E-state index in [2.05, 4.69) is 39.0 Å². The number of carbonyl (C=O) groups excluding carboxylic acids is 1. The van der Waals surface area contributed by atoms with E-state index < -0.39 is 5.60 Å². The van der Waals surface area contributed by atoms with Gasteiger partial charge in [0.15, 0.2) is 11.4 Å². The molecule has 0 saturated heterocycles. The third kappa shape index (κ3) is 1.73. The molecule has 0 radical (unpaired) electrons. The van der Waals surface area contributed by atoms with Gasteiger partial charge in [-0.25, -0.2) is 0 Å². The van der Waals surface area contributed by atoms with E-state index in [9.17, 15) is 15.2 Å². The van der Waals surface area contributed by atoms with E-state index in [1.54, 1.807) is 6.08 Å². The van der Waals surface area contributed by atoms with Crippen molar-refractivity contribution in [1.29, 1.82) is 5.26 Å². The molecule has 4 aliphatic rings. The molecule has 0 bridgehead atoms. The molecule has 4 aliphatic carbocycles. The van der Waals surface area contributed by atoms with E-state index in [4.69, 9.17) is 0 Å². The lowest BCUT2D eigenvalue weighted by atomic mass is 9.50. The van der Waals surface area contributed by atoms with E-state index in [1.807, 2.05) is 6.08 Å². The Morgan fingerprint density at radius 2 is 2.08 bits per heavy atom. The van der Waals surface area contributed by atoms with E-state index in [0.717, 1.165) is 19.3 Å². The van der Waals surface area contributed by atoms with E-state index in [1.165, 1.54) is 11.1 Å². The smallest absolute Gasteiger partial charge is 0.178 e. The van der Waals surface area contributed by atoms with Crippen LogP contribution >= 0.6 is 0 Å². The molecule has 0 spiro atoms. The molecule has 0 heterocycles. The summed E-state index contributed by atoms with van der Waals surface area (Å²) >= 11 is 0. The summed E-state index contributed by atoms with van der Waals surface area (Å²) in [5, 5.41) is 20.4. The normalized spacial score (nSPS) is 49.5. The first-order valence-electron chi connectivity index (χ1n) is 9.04. The van der Waals surface area contributed by atoms with Gasteiger partial charge >= 0.3 is 0 Å². The first kappa shape index (κ1) is 15.8. The lowest BCUT2D eigenvalue weighted by Crippen LogP contribution is -2.50. The summed E-state index contributed by atoms with van der Waals surface area (Å²) < 4.78 is 0. The average Bonchev–Trinajstić information content (AvgIpc) is 2.82. The van der Waals surface area contributed by atoms with Gasteiger partial charge in [-0.15, -0.1) is 0 Å². The molecule has 0 aromatic carbocycles. The lowest BCUT2D eigenvalue weighted by Gasteiger charge is -2.54. The number of hydrogen-bond donors (Lipinski definition) is 1. The predicted octanol–water partition coefficient (Wildman–Crippen LogP) is 3.72. The number of ketones is 1. The molecular weight excluding hydrogens is 298 g/mol. The van der Waals surface area contributed by atoms with Crippen LogP contribution in [0.25, 0.3) is 0 Å². The molecular formula is C21H25NO2. The summed E-state index contributed by atoms with van der Waals surface area (Å²) in [5.74, 6) is 1.17. The van der Waals surface area contributed by atoms with Crippen molar-refractivity contribution < 1.29 is 9.90 Å². The molecule has 0 aliphatic heterocycles. The van der Waals surface area contributed by atoms with Crippen LogP contribution in [0.15, 0.2) is 35.5 Å². The summed E-state index contributed by atoms with van der Waals surface area (Å²) in [5.41, 5.74) is 0.889. The summed E-state index contributed by atoms with van der Waals surface area (Å²) in [6.45, 7) is 6.54. The molecule has 4 rings (SSSR count). The maximum absolute atomic E-state index is 11.9. The number of aliphatic hydroxyl groups is 1. The number of allylic oxidation sites excluding steroid dienone is 6. The van der Waals surface area contributed by atoms with Crippen molar-refractivity contribution in [2.75, 3.05) is 0 Å². The van der Waals surface area contributed by atoms with Gasteiger partial charge in [0.05, 0.1) is 6.07 Å². The molecule has 6 atom stereocenters. The zero-order valence-corrected chi connectivity index (χ0v) is 14.7. The van der Waals surface area contributed by atoms with Crippen LogP contribution in [-0.4, -0.2) is 16.5 Å². The molecule has 2 fully saturated rings. The molecule has 0 aromatic rings. The van der Waals surface area contributed by atoms with Gasteiger partial charge in [-0.2, -0.15) is 5.26 Å². The van der Waals surface area contributed by atoms with Crippen molar-refractivity contribution in [2.24, 2.45) is 28.6 Å². The standard InChI is InChI=1S/C21H25NO2/c1-13-10-15-16(19(2)7-4-14(23)11-18(13)19)5-8-20(3)17(15)6-9-21(20,24)12-22/h4-5,7,11,13,15,17,24H,6,8-10H2,1-3H3/t13-,15+,17-,19-,20-,21-/m0/s1. The lowest BCUT2D eigenvalue weighted by molar-refractivity contribution is -0.110. The monoisotopic (exact) mass is 323 g/mol. The van der Waals surface area contributed by atoms with Crippen molar-refractivity contribution >= 4 is 5.78 Å². The predicted molar refractivity (Wildman–Crippen MR) is 91.7 cm³/mol. The first-order valence-corrected chi connectivity index (χ1v) is 9.04. The fourth-order valence-corrected chi connectivity index (χ4v) is 6.12. The van der Waals surface area contributed by atoms with E-state index in [0.29, 0.717) is 24.2 Å². The average molecular weight is 323 g/mol. The van der Waals surface area contributed by atoms with Crippen LogP contribution in [0.4, 0.5) is 0 Å². The number of carbonyl (C=O) groups is 1. The van der Waals surface area contributed by atoms with Gasteiger partial charge in [-0.3, -0.25) is 4.79 Å².